The summed E-state index contributed by atoms with van der Waals surface area (Å²) in [5.74, 6) is 0. The lowest BCUT2D eigenvalue weighted by molar-refractivity contribution is 1.66. The molecule has 0 N–H and O–H groups in total. The van der Waals surface area contributed by atoms with Crippen LogP contribution in [0, 0.1) is 0 Å². The molecule has 110 valence electrons. The average molecular weight is 315 g/mol. The molecule has 0 amide bonds. The number of fused-ring (bicyclic) bond motifs is 2. The Morgan fingerprint density at radius 2 is 1.17 bits per heavy atom. The lowest BCUT2D eigenvalue weighted by Crippen LogP contribution is -1.83. The predicted octanol–water partition coefficient (Wildman–Crippen LogP) is 6.82. The summed E-state index contributed by atoms with van der Waals surface area (Å²) in [5, 5.41) is 5.84. The molecule has 0 atom stereocenters. The highest BCUT2D eigenvalue weighted by Gasteiger charge is 2.04. The summed E-state index contributed by atoms with van der Waals surface area (Å²) >= 11 is 5.96. The van der Waals surface area contributed by atoms with Gasteiger partial charge >= 0.3 is 0 Å². The normalized spacial score (nSPS) is 11.5. The van der Waals surface area contributed by atoms with E-state index in [1.807, 2.05) is 24.3 Å². The fourth-order valence-corrected chi connectivity index (χ4v) is 3.11. The van der Waals surface area contributed by atoms with E-state index in [1.54, 1.807) is 0 Å². The smallest absolute Gasteiger partial charge is 0.0406 e. The molecule has 0 unspecified atom stereocenters. The lowest BCUT2D eigenvalue weighted by Gasteiger charge is -2.08. The molecule has 4 aromatic rings. The van der Waals surface area contributed by atoms with Crippen molar-refractivity contribution in [1.82, 2.24) is 0 Å². The Hall–Kier alpha value is -2.57. The van der Waals surface area contributed by atoms with E-state index in [9.17, 15) is 0 Å². The molecule has 0 radical (unpaired) electrons. The molecule has 0 saturated heterocycles. The van der Waals surface area contributed by atoms with Crippen LogP contribution in [0.3, 0.4) is 0 Å². The SMILES string of the molecule is Clc1ccc(/C=C/c2c3ccccc3cc3ccccc23)cc1. The maximum Gasteiger partial charge on any atom is 0.0406 e. The van der Waals surface area contributed by atoms with Crippen molar-refractivity contribution in [3.05, 3.63) is 95.0 Å². The van der Waals surface area contributed by atoms with Gasteiger partial charge in [0, 0.05) is 5.02 Å². The Morgan fingerprint density at radius 1 is 0.609 bits per heavy atom. The summed E-state index contributed by atoms with van der Waals surface area (Å²) in [6.07, 6.45) is 4.35. The zero-order valence-electron chi connectivity index (χ0n) is 12.5. The summed E-state index contributed by atoms with van der Waals surface area (Å²) in [7, 11) is 0. The van der Waals surface area contributed by atoms with E-state index in [2.05, 4.69) is 66.7 Å². The first kappa shape index (κ1) is 14.0. The Balaban J connectivity index is 1.93. The van der Waals surface area contributed by atoms with Crippen LogP contribution >= 0.6 is 11.6 Å². The molecule has 0 fully saturated rings. The van der Waals surface area contributed by atoms with E-state index >= 15 is 0 Å². The maximum atomic E-state index is 5.96. The van der Waals surface area contributed by atoms with E-state index in [0.717, 1.165) is 10.6 Å². The van der Waals surface area contributed by atoms with Crippen molar-refractivity contribution in [1.29, 1.82) is 0 Å². The van der Waals surface area contributed by atoms with Crippen molar-refractivity contribution in [2.75, 3.05) is 0 Å². The first-order valence-corrected chi connectivity index (χ1v) is 8.03. The molecule has 0 aliphatic carbocycles. The highest BCUT2D eigenvalue weighted by molar-refractivity contribution is 6.30. The van der Waals surface area contributed by atoms with Gasteiger partial charge in [0.25, 0.3) is 0 Å². The van der Waals surface area contributed by atoms with E-state index in [-0.39, 0.29) is 0 Å². The number of halogens is 1. The molecule has 0 aromatic heterocycles. The molecule has 0 spiro atoms. The molecule has 23 heavy (non-hydrogen) atoms. The highest BCUT2D eigenvalue weighted by Crippen LogP contribution is 2.30. The van der Waals surface area contributed by atoms with E-state index in [4.69, 9.17) is 11.6 Å². The van der Waals surface area contributed by atoms with Crippen LogP contribution < -0.4 is 0 Å². The van der Waals surface area contributed by atoms with Crippen LogP contribution in [-0.4, -0.2) is 0 Å². The van der Waals surface area contributed by atoms with Crippen molar-refractivity contribution < 1.29 is 0 Å². The van der Waals surface area contributed by atoms with E-state index in [0.29, 0.717) is 0 Å². The van der Waals surface area contributed by atoms with Crippen LogP contribution in [-0.2, 0) is 0 Å². The molecule has 0 bridgehead atoms. The van der Waals surface area contributed by atoms with Crippen molar-refractivity contribution in [3.63, 3.8) is 0 Å². The van der Waals surface area contributed by atoms with Gasteiger partial charge in [-0.25, -0.2) is 0 Å². The standard InChI is InChI=1S/C22H15Cl/c23-19-12-9-16(10-13-19)11-14-22-20-7-3-1-5-17(20)15-18-6-2-4-8-21(18)22/h1-15H/b14-11+. The van der Waals surface area contributed by atoms with Gasteiger partial charge in [-0.05, 0) is 50.9 Å². The zero-order valence-corrected chi connectivity index (χ0v) is 13.3. The van der Waals surface area contributed by atoms with Gasteiger partial charge < -0.3 is 0 Å². The van der Waals surface area contributed by atoms with E-state index < -0.39 is 0 Å². The third-order valence-corrected chi connectivity index (χ3v) is 4.38. The number of hydrogen-bond donors (Lipinski definition) is 0. The lowest BCUT2D eigenvalue weighted by atomic mass is 9.96. The van der Waals surface area contributed by atoms with Crippen LogP contribution in [0.25, 0.3) is 33.7 Å². The second-order valence-corrected chi connectivity index (χ2v) is 6.05. The quantitative estimate of drug-likeness (QED) is 0.281. The van der Waals surface area contributed by atoms with Gasteiger partial charge in [0.15, 0.2) is 0 Å². The number of hydrogen-bond acceptors (Lipinski definition) is 0. The summed E-state index contributed by atoms with van der Waals surface area (Å²) in [6, 6.07) is 27.2. The molecule has 4 aromatic carbocycles. The van der Waals surface area contributed by atoms with Gasteiger partial charge in [-0.3, -0.25) is 0 Å². The average Bonchev–Trinajstić information content (AvgIpc) is 2.60. The molecule has 1 heteroatoms. The first-order chi connectivity index (χ1) is 11.3. The van der Waals surface area contributed by atoms with Crippen molar-refractivity contribution >= 4 is 45.3 Å². The van der Waals surface area contributed by atoms with E-state index in [1.165, 1.54) is 27.1 Å². The maximum absolute atomic E-state index is 5.96. The second kappa shape index (κ2) is 5.91. The Morgan fingerprint density at radius 3 is 1.78 bits per heavy atom. The number of rotatable bonds is 2. The van der Waals surface area contributed by atoms with Crippen molar-refractivity contribution in [2.45, 2.75) is 0 Å². The fourth-order valence-electron chi connectivity index (χ4n) is 2.98. The molecule has 4 rings (SSSR count). The summed E-state index contributed by atoms with van der Waals surface area (Å²) in [6.45, 7) is 0. The Kier molecular flexibility index (Phi) is 3.61. The summed E-state index contributed by atoms with van der Waals surface area (Å²) in [4.78, 5) is 0. The van der Waals surface area contributed by atoms with Crippen LogP contribution in [0.15, 0.2) is 78.9 Å². The monoisotopic (exact) mass is 314 g/mol. The predicted molar refractivity (Wildman–Crippen MR) is 102 cm³/mol. The van der Waals surface area contributed by atoms with Crippen molar-refractivity contribution in [2.24, 2.45) is 0 Å². The van der Waals surface area contributed by atoms with Gasteiger partial charge in [0.2, 0.25) is 0 Å². The van der Waals surface area contributed by atoms with Gasteiger partial charge in [0.1, 0.15) is 0 Å². The van der Waals surface area contributed by atoms with Gasteiger partial charge in [-0.15, -0.1) is 0 Å². The van der Waals surface area contributed by atoms with Gasteiger partial charge in [-0.1, -0.05) is 84.4 Å². The molecule has 0 aliphatic rings. The molecular weight excluding hydrogens is 300 g/mol. The van der Waals surface area contributed by atoms with Crippen LogP contribution in [0.4, 0.5) is 0 Å². The third kappa shape index (κ3) is 2.74. The molecule has 0 saturated carbocycles. The first-order valence-electron chi connectivity index (χ1n) is 7.65. The minimum atomic E-state index is 0.762. The molecule has 0 aliphatic heterocycles. The largest absolute Gasteiger partial charge is 0.0843 e. The third-order valence-electron chi connectivity index (χ3n) is 4.13. The highest BCUT2D eigenvalue weighted by atomic mass is 35.5. The second-order valence-electron chi connectivity index (χ2n) is 5.62. The minimum Gasteiger partial charge on any atom is -0.0843 e. The zero-order chi connectivity index (χ0) is 15.6. The van der Waals surface area contributed by atoms with Gasteiger partial charge in [0.05, 0.1) is 0 Å². The molecule has 0 heterocycles. The summed E-state index contributed by atoms with van der Waals surface area (Å²) < 4.78 is 0. The molecule has 0 nitrogen and oxygen atoms in total. The topological polar surface area (TPSA) is 0 Å². The Bertz CT molecular complexity index is 957. The van der Waals surface area contributed by atoms with Crippen molar-refractivity contribution in [3.8, 4) is 0 Å². The fraction of sp³-hybridized carbons (Fsp3) is 0. The Labute approximate surface area is 140 Å². The van der Waals surface area contributed by atoms with Crippen LogP contribution in [0.5, 0.6) is 0 Å². The number of benzene rings is 4. The van der Waals surface area contributed by atoms with Crippen LogP contribution in [0.1, 0.15) is 11.1 Å². The van der Waals surface area contributed by atoms with Crippen LogP contribution in [0.2, 0.25) is 5.02 Å². The molecular formula is C22H15Cl. The summed E-state index contributed by atoms with van der Waals surface area (Å²) in [5.41, 5.74) is 2.40. The minimum absolute atomic E-state index is 0.762. The van der Waals surface area contributed by atoms with Gasteiger partial charge in [-0.2, -0.15) is 0 Å².